The number of aliphatic hydroxyl groups is 2. The number of aliphatic hydroxyl groups excluding tert-OH is 2. The van der Waals surface area contributed by atoms with E-state index in [1.807, 2.05) is 13.8 Å². The molecule has 0 fully saturated rings. The van der Waals surface area contributed by atoms with Crippen molar-refractivity contribution in [2.24, 2.45) is 0 Å². The number of ether oxygens (including phenoxy) is 4. The topological polar surface area (TPSA) is 221 Å². The van der Waals surface area contributed by atoms with Crippen LogP contribution in [-0.4, -0.2) is 105 Å². The second kappa shape index (κ2) is 31.9. The summed E-state index contributed by atoms with van der Waals surface area (Å²) in [6, 6.07) is 0. The Morgan fingerprint density at radius 1 is 0.912 bits per heavy atom. The van der Waals surface area contributed by atoms with E-state index in [0.717, 1.165) is 12.3 Å². The van der Waals surface area contributed by atoms with Crippen molar-refractivity contribution in [2.45, 2.75) is 20.0 Å². The van der Waals surface area contributed by atoms with E-state index in [-0.39, 0.29) is 81.1 Å². The second-order valence-corrected chi connectivity index (χ2v) is 10.8. The van der Waals surface area contributed by atoms with E-state index in [0.29, 0.717) is 42.4 Å². The Morgan fingerprint density at radius 3 is 1.68 bits per heavy atom. The molecule has 0 aliphatic carbocycles. The molecule has 2 N–H and O–H groups in total. The number of carbonyl (C=O) groups is 3. The first-order chi connectivity index (χ1) is 15.5. The van der Waals surface area contributed by atoms with Crippen molar-refractivity contribution in [1.82, 2.24) is 0 Å². The van der Waals surface area contributed by atoms with Crippen LogP contribution in [0.3, 0.4) is 0 Å². The van der Waals surface area contributed by atoms with Crippen LogP contribution in [0.15, 0.2) is 0 Å². The zero-order valence-corrected chi connectivity index (χ0v) is 25.9. The summed E-state index contributed by atoms with van der Waals surface area (Å²) in [5.74, 6) is -0.392. The number of aldehydes is 1. The molecule has 0 radical (unpaired) electrons. The van der Waals surface area contributed by atoms with Crippen LogP contribution in [0.2, 0.25) is 0 Å². The minimum Gasteiger partial charge on any atom is -0.463 e. The van der Waals surface area contributed by atoms with Crippen LogP contribution in [-0.2, 0) is 33.3 Å². The quantitative estimate of drug-likeness (QED) is 0.0371. The molecule has 0 aromatic rings. The molecule has 0 aromatic heterocycles. The third kappa shape index (κ3) is 49.9. The molecule has 0 rings (SSSR count). The van der Waals surface area contributed by atoms with Gasteiger partial charge in [0, 0.05) is 0 Å². The molecule has 0 saturated carbocycles. The summed E-state index contributed by atoms with van der Waals surface area (Å²) >= 11 is -5.94. The van der Waals surface area contributed by atoms with E-state index in [2.05, 4.69) is 0 Å². The van der Waals surface area contributed by atoms with Gasteiger partial charge in [0.25, 0.3) is 0 Å². The summed E-state index contributed by atoms with van der Waals surface area (Å²) in [6.07, 6.45) is 2.77. The van der Waals surface area contributed by atoms with Crippen molar-refractivity contribution < 1.29 is 107 Å². The maximum atomic E-state index is 11.0. The van der Waals surface area contributed by atoms with Gasteiger partial charge in [0.2, 0.25) is 0 Å². The Morgan fingerprint density at radius 2 is 1.32 bits per heavy atom. The molecule has 13 nitrogen and oxygen atoms in total. The van der Waals surface area contributed by atoms with Crippen LogP contribution in [0.1, 0.15) is 13.8 Å². The average Bonchev–Trinajstić information content (AvgIpc) is 2.75. The fraction of sp³-hybridized carbons (Fsp3) is 0.824. The van der Waals surface area contributed by atoms with Gasteiger partial charge in [-0.15, -0.1) is 17.2 Å². The molecule has 17 heteroatoms. The molecular formula is C17H34INaO13P2. The van der Waals surface area contributed by atoms with Gasteiger partial charge >= 0.3 is 41.5 Å². The van der Waals surface area contributed by atoms with E-state index in [4.69, 9.17) is 42.9 Å². The minimum atomic E-state index is -5.94. The Hall–Kier alpha value is 0.880. The van der Waals surface area contributed by atoms with Crippen LogP contribution in [0.5, 0.6) is 0 Å². The summed E-state index contributed by atoms with van der Waals surface area (Å²) in [4.78, 5) is 31.7. The Kier molecular flexibility index (Phi) is 39.4. The van der Waals surface area contributed by atoms with Crippen LogP contribution in [0, 0.1) is 0 Å². The van der Waals surface area contributed by atoms with E-state index >= 15 is 0 Å². The summed E-state index contributed by atoms with van der Waals surface area (Å²) in [5.41, 5.74) is 0. The molecule has 34 heavy (non-hydrogen) atoms. The smallest absolute Gasteiger partial charge is 0.463 e. The molecule has 198 valence electrons. The average molecular weight is 658 g/mol. The third-order valence-corrected chi connectivity index (χ3v) is 4.80. The van der Waals surface area contributed by atoms with Crippen molar-refractivity contribution in [3.8, 4) is 0 Å². The molecule has 3 atom stereocenters. The number of hydrogen-bond donors (Lipinski definition) is 2. The molecule has 0 aliphatic heterocycles. The summed E-state index contributed by atoms with van der Waals surface area (Å²) in [7, 11) is 1.25. The predicted molar refractivity (Wildman–Crippen MR) is 110 cm³/mol. The summed E-state index contributed by atoms with van der Waals surface area (Å²) in [6.45, 7) is 4.82. The number of halogens is 1. The van der Waals surface area contributed by atoms with Crippen LogP contribution >= 0.6 is 17.2 Å². The van der Waals surface area contributed by atoms with Crippen molar-refractivity contribution in [3.05, 3.63) is 0 Å². The van der Waals surface area contributed by atoms with Gasteiger partial charge in [-0.3, -0.25) is 23.3 Å². The van der Waals surface area contributed by atoms with Crippen molar-refractivity contribution >= 4 is 35.4 Å². The van der Waals surface area contributed by atoms with Crippen LogP contribution in [0.4, 0.5) is 0 Å². The van der Waals surface area contributed by atoms with Gasteiger partial charge in [0.05, 0.1) is 38.8 Å². The van der Waals surface area contributed by atoms with Crippen molar-refractivity contribution in [3.63, 3.8) is 0 Å². The van der Waals surface area contributed by atoms with Gasteiger partial charge in [-0.2, -0.15) is 0 Å². The molecule has 0 bridgehead atoms. The first-order valence-corrected chi connectivity index (χ1v) is 16.1. The first-order valence-electron chi connectivity index (χ1n) is 9.74. The SMILES string of the molecule is CCPCC(=O)OCCOCC(O)CO.CCPCC(=O)OCCOCC=O.[Na+].[O-][I+3]([O-])([O-])[O-]. The van der Waals surface area contributed by atoms with E-state index in [1.165, 1.54) is 0 Å². The van der Waals surface area contributed by atoms with Crippen molar-refractivity contribution in [2.75, 3.05) is 70.9 Å². The van der Waals surface area contributed by atoms with E-state index < -0.39 is 26.2 Å². The maximum Gasteiger partial charge on any atom is 1.00 e. The van der Waals surface area contributed by atoms with Gasteiger partial charge in [-0.25, -0.2) is 0 Å². The normalized spacial score (nSPS) is 11.6. The molecular weight excluding hydrogens is 624 g/mol. The molecule has 3 unspecified atom stereocenters. The van der Waals surface area contributed by atoms with Gasteiger partial charge in [-0.1, -0.05) is 13.8 Å². The molecule has 0 amide bonds. The number of esters is 2. The Balaban J connectivity index is -0.000000217. The fourth-order valence-corrected chi connectivity index (χ4v) is 2.50. The Labute approximate surface area is 231 Å². The zero-order chi connectivity index (χ0) is 26.0. The zero-order valence-electron chi connectivity index (χ0n) is 19.7. The van der Waals surface area contributed by atoms with Crippen LogP contribution < -0.4 is 63.4 Å². The van der Waals surface area contributed by atoms with E-state index in [1.54, 1.807) is 0 Å². The first kappa shape index (κ1) is 42.0. The number of carbonyl (C=O) groups excluding carboxylic acids is 3. The predicted octanol–water partition coefficient (Wildman–Crippen LogP) is -10.7. The monoisotopic (exact) mass is 658 g/mol. The molecule has 0 saturated heterocycles. The molecule has 0 aliphatic rings. The Bertz CT molecular complexity index is 467. The number of rotatable bonds is 17. The fourth-order valence-electron chi connectivity index (χ4n) is 1.39. The largest absolute Gasteiger partial charge is 1.00 e. The van der Waals surface area contributed by atoms with Crippen LogP contribution in [0.25, 0.3) is 0 Å². The number of hydrogen-bond acceptors (Lipinski definition) is 13. The maximum absolute atomic E-state index is 11.0. The molecule has 0 aromatic carbocycles. The van der Waals surface area contributed by atoms with Gasteiger partial charge in [0.15, 0.2) is 0 Å². The van der Waals surface area contributed by atoms with Gasteiger partial charge in [-0.05, 0) is 12.3 Å². The molecule has 0 heterocycles. The van der Waals surface area contributed by atoms with Gasteiger partial charge in [0.1, 0.15) is 52.3 Å². The second-order valence-electron chi connectivity index (χ2n) is 5.53. The summed E-state index contributed by atoms with van der Waals surface area (Å²) in [5, 5.41) is 17.4. The van der Waals surface area contributed by atoms with Gasteiger partial charge < -0.3 is 34.0 Å². The molecule has 0 spiro atoms. The third-order valence-electron chi connectivity index (χ3n) is 2.73. The summed E-state index contributed by atoms with van der Waals surface area (Å²) < 4.78 is 53.9. The standard InChI is InChI=1S/C9H19O5P.C8H15O4P.IO4.Na/c1-2-15-7-9(12)14-4-3-13-6-8(11)5-10;1-2-13-7-8(10)12-6-5-11-4-3-9;2-1(3,4)5;/h8,10-11,15H,2-7H2,1H3;3,13H,2,4-7H2,1H3;;/q;;-1;+1. The van der Waals surface area contributed by atoms with E-state index in [9.17, 15) is 14.4 Å². The van der Waals surface area contributed by atoms with Crippen molar-refractivity contribution in [1.29, 1.82) is 0 Å². The minimum absolute atomic E-state index is 0.